The van der Waals surface area contributed by atoms with E-state index in [-0.39, 0.29) is 5.91 Å². The van der Waals surface area contributed by atoms with Gasteiger partial charge >= 0.3 is 0 Å². The minimum atomic E-state index is -0.0983. The smallest absolute Gasteiger partial charge is 0.251 e. The number of hydrogen-bond donors (Lipinski definition) is 3. The number of nitrogens with one attached hydrogen (secondary N) is 2. The van der Waals surface area contributed by atoms with Gasteiger partial charge in [-0.15, -0.1) is 5.10 Å². The van der Waals surface area contributed by atoms with E-state index in [9.17, 15) is 4.79 Å². The van der Waals surface area contributed by atoms with Gasteiger partial charge in [-0.05, 0) is 24.6 Å². The first-order chi connectivity index (χ1) is 8.63. The molecule has 6 nitrogen and oxygen atoms in total. The number of carbonyl (C=O) groups excluding carboxylic acids is 1. The number of fused-ring (bicyclic) bond motifs is 1. The minimum Gasteiger partial charge on any atom is -0.435 e. The highest BCUT2D eigenvalue weighted by Gasteiger charge is 2.21. The Hall–Kier alpha value is -2.50. The fraction of sp³-hybridized carbons (Fsp3) is 0.167. The van der Waals surface area contributed by atoms with Crippen LogP contribution in [-0.4, -0.2) is 16.1 Å². The van der Waals surface area contributed by atoms with E-state index in [4.69, 9.17) is 10.5 Å². The summed E-state index contributed by atoms with van der Waals surface area (Å²) in [6.07, 6.45) is 0. The highest BCUT2D eigenvalue weighted by molar-refractivity contribution is 5.99. The van der Waals surface area contributed by atoms with E-state index in [0.717, 1.165) is 11.3 Å². The van der Waals surface area contributed by atoms with Crippen molar-refractivity contribution in [3.63, 3.8) is 0 Å². The molecule has 0 radical (unpaired) electrons. The number of H-pyrrole nitrogens is 1. The third-order valence-corrected chi connectivity index (χ3v) is 2.82. The van der Waals surface area contributed by atoms with Crippen molar-refractivity contribution in [3.8, 4) is 11.6 Å². The van der Waals surface area contributed by atoms with Crippen LogP contribution in [0.25, 0.3) is 0 Å². The molecular weight excluding hydrogens is 232 g/mol. The summed E-state index contributed by atoms with van der Waals surface area (Å²) in [6.45, 7) is 2.39. The Bertz CT molecular complexity index is 633. The summed E-state index contributed by atoms with van der Waals surface area (Å²) in [5, 5.41) is 9.50. The second kappa shape index (κ2) is 3.76. The molecule has 92 valence electrons. The van der Waals surface area contributed by atoms with Crippen LogP contribution in [0.5, 0.6) is 11.6 Å². The Labute approximate surface area is 103 Å². The van der Waals surface area contributed by atoms with Gasteiger partial charge in [-0.2, -0.15) is 0 Å². The van der Waals surface area contributed by atoms with Crippen LogP contribution in [0.1, 0.15) is 21.6 Å². The first-order valence-corrected chi connectivity index (χ1v) is 5.54. The lowest BCUT2D eigenvalue weighted by molar-refractivity contribution is 0.0966. The number of amides is 1. The monoisotopic (exact) mass is 244 g/mol. The number of nitrogens with two attached hydrogens (primary N) is 1. The number of aromatic nitrogens is 2. The third-order valence-electron chi connectivity index (χ3n) is 2.82. The number of aryl methyl sites for hydroxylation is 1. The topological polar surface area (TPSA) is 93.0 Å². The molecule has 3 rings (SSSR count). The highest BCUT2D eigenvalue weighted by atomic mass is 16.5. The molecule has 0 aliphatic carbocycles. The molecule has 2 aromatic rings. The van der Waals surface area contributed by atoms with Gasteiger partial charge in [0.2, 0.25) is 5.88 Å². The average Bonchev–Trinajstić information content (AvgIpc) is 2.88. The van der Waals surface area contributed by atoms with Crippen molar-refractivity contribution >= 4 is 11.6 Å². The Morgan fingerprint density at radius 3 is 2.94 bits per heavy atom. The van der Waals surface area contributed by atoms with E-state index in [1.807, 2.05) is 6.92 Å². The molecule has 1 amide bonds. The molecule has 0 bridgehead atoms. The van der Waals surface area contributed by atoms with Crippen LogP contribution >= 0.6 is 0 Å². The summed E-state index contributed by atoms with van der Waals surface area (Å²) < 4.78 is 5.58. The van der Waals surface area contributed by atoms with Crippen LogP contribution in [0.3, 0.4) is 0 Å². The summed E-state index contributed by atoms with van der Waals surface area (Å²) in [5.74, 6) is 0.868. The Kier molecular flexibility index (Phi) is 2.22. The van der Waals surface area contributed by atoms with E-state index in [2.05, 4.69) is 15.5 Å². The van der Waals surface area contributed by atoms with Crippen molar-refractivity contribution in [1.82, 2.24) is 15.5 Å². The lowest BCUT2D eigenvalue weighted by Gasteiger charge is -2.07. The molecule has 2 heterocycles. The molecule has 1 aliphatic rings. The van der Waals surface area contributed by atoms with Crippen molar-refractivity contribution in [2.75, 3.05) is 5.73 Å². The average molecular weight is 244 g/mol. The van der Waals surface area contributed by atoms with E-state index in [0.29, 0.717) is 29.4 Å². The third kappa shape index (κ3) is 1.67. The van der Waals surface area contributed by atoms with Gasteiger partial charge in [0.05, 0.1) is 5.69 Å². The van der Waals surface area contributed by atoms with Gasteiger partial charge in [0, 0.05) is 23.9 Å². The van der Waals surface area contributed by atoms with Crippen LogP contribution in [0.15, 0.2) is 18.2 Å². The van der Waals surface area contributed by atoms with Crippen LogP contribution in [0.2, 0.25) is 0 Å². The van der Waals surface area contributed by atoms with Crippen LogP contribution in [-0.2, 0) is 6.54 Å². The van der Waals surface area contributed by atoms with Gasteiger partial charge in [-0.3, -0.25) is 9.89 Å². The Morgan fingerprint density at radius 1 is 1.39 bits per heavy atom. The summed E-state index contributed by atoms with van der Waals surface area (Å²) in [5.41, 5.74) is 8.69. The normalized spacial score (nSPS) is 13.3. The van der Waals surface area contributed by atoms with Crippen molar-refractivity contribution < 1.29 is 9.53 Å². The molecule has 1 aromatic carbocycles. The number of nitrogen functional groups attached to an aromatic ring is 1. The predicted molar refractivity (Wildman–Crippen MR) is 65.4 cm³/mol. The number of aromatic amines is 1. The number of hydrogen-bond acceptors (Lipinski definition) is 4. The molecule has 0 fully saturated rings. The number of rotatable bonds is 2. The molecule has 0 atom stereocenters. The van der Waals surface area contributed by atoms with Gasteiger partial charge in [0.25, 0.3) is 5.91 Å². The summed E-state index contributed by atoms with van der Waals surface area (Å²) in [6, 6.07) is 5.18. The maximum atomic E-state index is 11.5. The summed E-state index contributed by atoms with van der Waals surface area (Å²) in [7, 11) is 0. The maximum absolute atomic E-state index is 11.5. The van der Waals surface area contributed by atoms with E-state index in [1.54, 1.807) is 18.2 Å². The molecule has 6 heteroatoms. The van der Waals surface area contributed by atoms with Gasteiger partial charge in [0.1, 0.15) is 0 Å². The summed E-state index contributed by atoms with van der Waals surface area (Å²) in [4.78, 5) is 11.5. The van der Waals surface area contributed by atoms with Gasteiger partial charge in [0.15, 0.2) is 5.75 Å². The Morgan fingerprint density at radius 2 is 2.22 bits per heavy atom. The molecule has 18 heavy (non-hydrogen) atoms. The molecule has 1 aliphatic heterocycles. The van der Waals surface area contributed by atoms with Gasteiger partial charge in [-0.1, -0.05) is 0 Å². The number of ether oxygens (including phenoxy) is 1. The first-order valence-electron chi connectivity index (χ1n) is 5.54. The van der Waals surface area contributed by atoms with E-state index in [1.165, 1.54) is 0 Å². The largest absolute Gasteiger partial charge is 0.435 e. The van der Waals surface area contributed by atoms with Crippen molar-refractivity contribution in [1.29, 1.82) is 0 Å². The Balaban J connectivity index is 1.96. The highest BCUT2D eigenvalue weighted by Crippen LogP contribution is 2.31. The van der Waals surface area contributed by atoms with Crippen molar-refractivity contribution in [2.45, 2.75) is 13.5 Å². The van der Waals surface area contributed by atoms with Crippen molar-refractivity contribution in [3.05, 3.63) is 35.0 Å². The number of benzene rings is 1. The number of nitrogens with zero attached hydrogens (tertiary/aromatic N) is 1. The van der Waals surface area contributed by atoms with E-state index >= 15 is 0 Å². The van der Waals surface area contributed by atoms with Crippen LogP contribution in [0, 0.1) is 6.92 Å². The molecule has 1 aromatic heterocycles. The minimum absolute atomic E-state index is 0.0983. The zero-order valence-electron chi connectivity index (χ0n) is 9.78. The van der Waals surface area contributed by atoms with E-state index < -0.39 is 0 Å². The standard InChI is InChI=1S/C12H12N4O2/c1-6-2-11(16-15-6)18-10-3-7-5-14-12(17)8(7)4-9(10)13/h2-4H,5,13H2,1H3,(H,14,17)(H,15,16). The molecule has 0 unspecified atom stereocenters. The zero-order valence-corrected chi connectivity index (χ0v) is 9.78. The number of anilines is 1. The quantitative estimate of drug-likeness (QED) is 0.695. The molecular formula is C12H12N4O2. The van der Waals surface area contributed by atoms with Gasteiger partial charge < -0.3 is 15.8 Å². The van der Waals surface area contributed by atoms with Crippen molar-refractivity contribution in [2.24, 2.45) is 0 Å². The number of carbonyl (C=O) groups is 1. The molecule has 4 N–H and O–H groups in total. The fourth-order valence-corrected chi connectivity index (χ4v) is 1.91. The maximum Gasteiger partial charge on any atom is 0.251 e. The molecule has 0 saturated heterocycles. The second-order valence-corrected chi connectivity index (χ2v) is 4.22. The lowest BCUT2D eigenvalue weighted by Crippen LogP contribution is -2.12. The fourth-order valence-electron chi connectivity index (χ4n) is 1.91. The zero-order chi connectivity index (χ0) is 12.7. The first kappa shape index (κ1) is 10.6. The van der Waals surface area contributed by atoms with Crippen LogP contribution < -0.4 is 15.8 Å². The summed E-state index contributed by atoms with van der Waals surface area (Å²) >= 11 is 0. The molecule has 0 spiro atoms. The molecule has 0 saturated carbocycles. The lowest BCUT2D eigenvalue weighted by atomic mass is 10.1. The second-order valence-electron chi connectivity index (χ2n) is 4.22. The van der Waals surface area contributed by atoms with Gasteiger partial charge in [-0.25, -0.2) is 0 Å². The SMILES string of the molecule is Cc1cc(Oc2cc3c(cc2N)C(=O)NC3)n[nH]1. The predicted octanol–water partition coefficient (Wildman–Crippen LogP) is 1.34. The van der Waals surface area contributed by atoms with Crippen LogP contribution in [0.4, 0.5) is 5.69 Å².